The van der Waals surface area contributed by atoms with Gasteiger partial charge in [0, 0.05) is 29.4 Å². The van der Waals surface area contributed by atoms with E-state index in [1.807, 2.05) is 36.8 Å². The quantitative estimate of drug-likeness (QED) is 0.166. The fraction of sp³-hybridized carbons (Fsp3) is 0. The zero-order valence-electron chi connectivity index (χ0n) is 22.9. The van der Waals surface area contributed by atoms with Crippen LogP contribution in [0, 0.1) is 0 Å². The number of nitrogens with zero attached hydrogens (tertiary/aromatic N) is 2. The Bertz CT molecular complexity index is 2200. The molecule has 196 valence electrons. The maximum Gasteiger partial charge on any atom is 0.0786 e. The molecule has 2 heterocycles. The lowest BCUT2D eigenvalue weighted by atomic mass is 9.84. The number of benzene rings is 6. The van der Waals surface area contributed by atoms with Gasteiger partial charge in [0.25, 0.3) is 0 Å². The van der Waals surface area contributed by atoms with Crippen molar-refractivity contribution >= 4 is 32.4 Å². The molecule has 2 heteroatoms. The molecular weight excluding hydrogens is 508 g/mol. The molecule has 0 aliphatic rings. The Hall–Kier alpha value is -5.60. The minimum atomic E-state index is 1.03. The number of pyridine rings is 2. The first kappa shape index (κ1) is 24.2. The molecule has 0 fully saturated rings. The van der Waals surface area contributed by atoms with Crippen molar-refractivity contribution in [3.63, 3.8) is 0 Å². The monoisotopic (exact) mass is 534 g/mol. The van der Waals surface area contributed by atoms with Gasteiger partial charge < -0.3 is 0 Å². The molecule has 0 N–H and O–H groups in total. The van der Waals surface area contributed by atoms with E-state index in [-0.39, 0.29) is 0 Å². The summed E-state index contributed by atoms with van der Waals surface area (Å²) in [4.78, 5) is 9.09. The Balaban J connectivity index is 1.46. The van der Waals surface area contributed by atoms with E-state index >= 15 is 0 Å². The van der Waals surface area contributed by atoms with Crippen LogP contribution in [-0.2, 0) is 0 Å². The van der Waals surface area contributed by atoms with Crippen LogP contribution < -0.4 is 0 Å². The number of aromatic nitrogens is 2. The first-order chi connectivity index (χ1) is 20.8. The fourth-order valence-electron chi connectivity index (χ4n) is 6.25. The zero-order chi connectivity index (χ0) is 27.9. The Morgan fingerprint density at radius 2 is 0.952 bits per heavy atom. The van der Waals surface area contributed by atoms with Crippen molar-refractivity contribution in [1.82, 2.24) is 9.97 Å². The SMILES string of the molecule is c1ccc(-c2c3cc(-c4ccc(-c5ccncc5)cc4)ccc3c(-c3ccccc3)c3c2ccc2cccnc23)cc1. The predicted octanol–water partition coefficient (Wildman–Crippen LogP) is 10.6. The van der Waals surface area contributed by atoms with Gasteiger partial charge in [0.1, 0.15) is 0 Å². The van der Waals surface area contributed by atoms with E-state index in [2.05, 4.69) is 126 Å². The average molecular weight is 535 g/mol. The molecule has 8 rings (SSSR count). The molecule has 0 saturated heterocycles. The topological polar surface area (TPSA) is 25.8 Å². The summed E-state index contributed by atoms with van der Waals surface area (Å²) in [6.07, 6.45) is 5.58. The molecule has 0 unspecified atom stereocenters. The summed E-state index contributed by atoms with van der Waals surface area (Å²) < 4.78 is 0. The average Bonchev–Trinajstić information content (AvgIpc) is 3.08. The van der Waals surface area contributed by atoms with E-state index in [0.717, 1.165) is 10.9 Å². The summed E-state index contributed by atoms with van der Waals surface area (Å²) in [7, 11) is 0. The predicted molar refractivity (Wildman–Crippen MR) is 176 cm³/mol. The summed E-state index contributed by atoms with van der Waals surface area (Å²) in [6, 6.07) is 50.0. The third-order valence-electron chi connectivity index (χ3n) is 8.21. The summed E-state index contributed by atoms with van der Waals surface area (Å²) in [6.45, 7) is 0. The van der Waals surface area contributed by atoms with Crippen molar-refractivity contribution in [2.75, 3.05) is 0 Å². The summed E-state index contributed by atoms with van der Waals surface area (Å²) in [5.41, 5.74) is 10.6. The van der Waals surface area contributed by atoms with Gasteiger partial charge in [0.05, 0.1) is 5.52 Å². The van der Waals surface area contributed by atoms with E-state index in [4.69, 9.17) is 4.98 Å². The molecule has 0 amide bonds. The van der Waals surface area contributed by atoms with Crippen LogP contribution in [-0.4, -0.2) is 9.97 Å². The van der Waals surface area contributed by atoms with Crippen molar-refractivity contribution < 1.29 is 0 Å². The third kappa shape index (κ3) is 4.05. The highest BCUT2D eigenvalue weighted by molar-refractivity contribution is 6.27. The highest BCUT2D eigenvalue weighted by Crippen LogP contribution is 2.46. The molecular formula is C40H26N2. The Kier molecular flexibility index (Phi) is 5.82. The van der Waals surface area contributed by atoms with Gasteiger partial charge in [-0.3, -0.25) is 9.97 Å². The molecule has 0 spiro atoms. The summed E-state index contributed by atoms with van der Waals surface area (Å²) >= 11 is 0. The fourth-order valence-corrected chi connectivity index (χ4v) is 6.25. The first-order valence-corrected chi connectivity index (χ1v) is 14.2. The Morgan fingerprint density at radius 1 is 0.357 bits per heavy atom. The number of fused-ring (bicyclic) bond motifs is 4. The Morgan fingerprint density at radius 3 is 1.67 bits per heavy atom. The van der Waals surface area contributed by atoms with E-state index in [9.17, 15) is 0 Å². The van der Waals surface area contributed by atoms with Gasteiger partial charge in [-0.05, 0) is 84.9 Å². The number of hydrogen-bond donors (Lipinski definition) is 0. The zero-order valence-corrected chi connectivity index (χ0v) is 22.9. The van der Waals surface area contributed by atoms with Gasteiger partial charge in [-0.1, -0.05) is 115 Å². The van der Waals surface area contributed by atoms with Crippen molar-refractivity contribution in [3.05, 3.63) is 158 Å². The maximum absolute atomic E-state index is 4.93. The van der Waals surface area contributed by atoms with Gasteiger partial charge in [-0.15, -0.1) is 0 Å². The van der Waals surface area contributed by atoms with Crippen LogP contribution in [0.25, 0.3) is 77.0 Å². The lowest BCUT2D eigenvalue weighted by Gasteiger charge is -2.20. The van der Waals surface area contributed by atoms with Gasteiger partial charge in [0.15, 0.2) is 0 Å². The normalized spacial score (nSPS) is 11.3. The molecule has 6 aromatic carbocycles. The number of hydrogen-bond acceptors (Lipinski definition) is 2. The molecule has 8 aromatic rings. The molecule has 0 radical (unpaired) electrons. The highest BCUT2D eigenvalue weighted by Gasteiger charge is 2.19. The van der Waals surface area contributed by atoms with E-state index in [1.54, 1.807) is 0 Å². The van der Waals surface area contributed by atoms with E-state index in [1.165, 1.54) is 66.1 Å². The molecule has 0 saturated carbocycles. The maximum atomic E-state index is 4.93. The van der Waals surface area contributed by atoms with Crippen LogP contribution in [0.4, 0.5) is 0 Å². The van der Waals surface area contributed by atoms with Crippen LogP contribution in [0.15, 0.2) is 158 Å². The van der Waals surface area contributed by atoms with Crippen molar-refractivity contribution in [3.8, 4) is 44.5 Å². The lowest BCUT2D eigenvalue weighted by Crippen LogP contribution is -1.93. The minimum absolute atomic E-state index is 1.03. The van der Waals surface area contributed by atoms with Gasteiger partial charge in [0.2, 0.25) is 0 Å². The molecule has 2 aromatic heterocycles. The van der Waals surface area contributed by atoms with Gasteiger partial charge in [-0.25, -0.2) is 0 Å². The van der Waals surface area contributed by atoms with Crippen LogP contribution >= 0.6 is 0 Å². The Labute approximate surface area is 244 Å². The van der Waals surface area contributed by atoms with Gasteiger partial charge >= 0.3 is 0 Å². The standard InChI is InChI=1S/C40H26N2/c1-3-8-30(9-4-1)37-35-20-17-32-12-7-23-42-40(32)39(35)38(31-10-5-2-6-11-31)34-19-18-33(26-36(34)37)28-15-13-27(14-16-28)29-21-24-41-25-22-29/h1-26H. The van der Waals surface area contributed by atoms with Crippen molar-refractivity contribution in [2.45, 2.75) is 0 Å². The van der Waals surface area contributed by atoms with Crippen LogP contribution in [0.3, 0.4) is 0 Å². The van der Waals surface area contributed by atoms with Crippen molar-refractivity contribution in [2.24, 2.45) is 0 Å². The van der Waals surface area contributed by atoms with Crippen LogP contribution in [0.1, 0.15) is 0 Å². The first-order valence-electron chi connectivity index (χ1n) is 14.2. The van der Waals surface area contributed by atoms with Crippen LogP contribution in [0.2, 0.25) is 0 Å². The summed E-state index contributed by atoms with van der Waals surface area (Å²) in [5.74, 6) is 0. The molecule has 0 aliphatic carbocycles. The van der Waals surface area contributed by atoms with E-state index in [0.29, 0.717) is 0 Å². The molecule has 42 heavy (non-hydrogen) atoms. The second kappa shape index (κ2) is 10.1. The second-order valence-electron chi connectivity index (χ2n) is 10.6. The van der Waals surface area contributed by atoms with Crippen LogP contribution in [0.5, 0.6) is 0 Å². The smallest absolute Gasteiger partial charge is 0.0786 e. The molecule has 0 aliphatic heterocycles. The lowest BCUT2D eigenvalue weighted by molar-refractivity contribution is 1.33. The highest BCUT2D eigenvalue weighted by atomic mass is 14.6. The third-order valence-corrected chi connectivity index (χ3v) is 8.21. The number of rotatable bonds is 4. The largest absolute Gasteiger partial charge is 0.265 e. The molecule has 0 bridgehead atoms. The molecule has 0 atom stereocenters. The van der Waals surface area contributed by atoms with Gasteiger partial charge in [-0.2, -0.15) is 0 Å². The van der Waals surface area contributed by atoms with E-state index < -0.39 is 0 Å². The summed E-state index contributed by atoms with van der Waals surface area (Å²) in [5, 5.41) is 6.01. The second-order valence-corrected chi connectivity index (χ2v) is 10.6. The minimum Gasteiger partial charge on any atom is -0.265 e. The molecule has 2 nitrogen and oxygen atoms in total. The van der Waals surface area contributed by atoms with Crippen molar-refractivity contribution in [1.29, 1.82) is 0 Å².